The molecule has 0 atom stereocenters. The second-order valence-corrected chi connectivity index (χ2v) is 17.4. The first-order chi connectivity index (χ1) is 33.2. The van der Waals surface area contributed by atoms with Gasteiger partial charge >= 0.3 is 5.97 Å². The van der Waals surface area contributed by atoms with E-state index >= 15 is 0 Å². The summed E-state index contributed by atoms with van der Waals surface area (Å²) in [7, 11) is 0. The normalized spacial score (nSPS) is 11.6. The van der Waals surface area contributed by atoms with Crippen LogP contribution in [0, 0.1) is 0 Å². The van der Waals surface area contributed by atoms with E-state index in [9.17, 15) is 14.4 Å². The molecule has 0 saturated heterocycles. The maximum atomic E-state index is 12.1. The van der Waals surface area contributed by atoms with Gasteiger partial charge in [0.15, 0.2) is 0 Å². The summed E-state index contributed by atoms with van der Waals surface area (Å²) in [5.41, 5.74) is 4.96. The Morgan fingerprint density at radius 1 is 0.324 bits per heavy atom. The summed E-state index contributed by atoms with van der Waals surface area (Å²) in [5.74, 6) is -0.0587. The largest absolute Gasteiger partial charge is 0.460 e. The maximum absolute atomic E-state index is 12.1. The standard InChI is InChI=1S/C50H99N3O15/c1-50(2,3)68-49(56)21-17-15-13-11-9-7-5-4-6-8-10-12-14-16-19-47(54)52-23-18-20-48(55)53-24-26-58-28-30-60-32-34-62-36-38-64-40-42-66-44-46-67-45-43-65-41-39-63-37-35-61-33-31-59-29-27-57-25-22-51/h4-46,51H2,1-3H3,(H,52,54)(H,53,55). The highest BCUT2D eigenvalue weighted by Crippen LogP contribution is 2.15. The van der Waals surface area contributed by atoms with Crippen LogP contribution in [0.5, 0.6) is 0 Å². The van der Waals surface area contributed by atoms with E-state index in [2.05, 4.69) is 10.6 Å². The van der Waals surface area contributed by atoms with Crippen LogP contribution in [-0.2, 0) is 71.2 Å². The molecule has 18 heteroatoms. The van der Waals surface area contributed by atoms with Crippen molar-refractivity contribution >= 4 is 17.8 Å². The number of hydrogen-bond acceptors (Lipinski definition) is 16. The SMILES string of the molecule is CC(C)(C)OC(=O)CCCCCCCCCCCCCCCCC(=O)NCCCC(=O)NCCOCCOCCOCCOCCOCCOCCOCCOCCOCCOCCOCCN. The van der Waals surface area contributed by atoms with Gasteiger partial charge in [0.05, 0.1) is 145 Å². The molecule has 0 aromatic heterocycles. The van der Waals surface area contributed by atoms with Gasteiger partial charge in [0, 0.05) is 38.9 Å². The first-order valence-electron chi connectivity index (χ1n) is 26.0. The summed E-state index contributed by atoms with van der Waals surface area (Å²) >= 11 is 0. The number of rotatable bonds is 56. The van der Waals surface area contributed by atoms with Crippen molar-refractivity contribution in [1.29, 1.82) is 0 Å². The molecule has 0 rings (SSSR count). The summed E-state index contributed by atoms with van der Waals surface area (Å²) in [6, 6.07) is 0. The minimum Gasteiger partial charge on any atom is -0.460 e. The molecule has 404 valence electrons. The Kier molecular flexibility index (Phi) is 52.6. The number of nitrogens with one attached hydrogen (secondary N) is 2. The van der Waals surface area contributed by atoms with Gasteiger partial charge in [0.25, 0.3) is 0 Å². The van der Waals surface area contributed by atoms with Crippen molar-refractivity contribution in [2.75, 3.05) is 165 Å². The van der Waals surface area contributed by atoms with Gasteiger partial charge in [0.2, 0.25) is 11.8 Å². The van der Waals surface area contributed by atoms with Gasteiger partial charge in [-0.2, -0.15) is 0 Å². The molecule has 0 saturated carbocycles. The fraction of sp³-hybridized carbons (Fsp3) is 0.940. The Hall–Kier alpha value is -2.07. The lowest BCUT2D eigenvalue weighted by atomic mass is 10.0. The average molecular weight is 982 g/mol. The van der Waals surface area contributed by atoms with E-state index < -0.39 is 0 Å². The van der Waals surface area contributed by atoms with Crippen molar-refractivity contribution in [3.8, 4) is 0 Å². The molecular weight excluding hydrogens is 883 g/mol. The highest BCUT2D eigenvalue weighted by atomic mass is 16.6. The number of hydrogen-bond donors (Lipinski definition) is 3. The Bertz CT molecular complexity index is 1070. The summed E-state index contributed by atoms with van der Waals surface area (Å²) < 4.78 is 65.4. The molecule has 0 aliphatic rings. The van der Waals surface area contributed by atoms with Crippen LogP contribution in [-0.4, -0.2) is 188 Å². The van der Waals surface area contributed by atoms with Crippen molar-refractivity contribution < 1.29 is 71.2 Å². The van der Waals surface area contributed by atoms with E-state index in [1.807, 2.05) is 20.8 Å². The molecule has 68 heavy (non-hydrogen) atoms. The van der Waals surface area contributed by atoms with Gasteiger partial charge in [-0.25, -0.2) is 0 Å². The second-order valence-electron chi connectivity index (χ2n) is 17.4. The van der Waals surface area contributed by atoms with E-state index in [0.717, 1.165) is 25.7 Å². The first-order valence-corrected chi connectivity index (χ1v) is 26.0. The van der Waals surface area contributed by atoms with E-state index in [1.165, 1.54) is 64.2 Å². The van der Waals surface area contributed by atoms with Crippen LogP contribution in [0.15, 0.2) is 0 Å². The predicted molar refractivity (Wildman–Crippen MR) is 263 cm³/mol. The monoisotopic (exact) mass is 982 g/mol. The Balaban J connectivity index is 3.23. The molecule has 0 unspecified atom stereocenters. The lowest BCUT2D eigenvalue weighted by molar-refractivity contribution is -0.155. The van der Waals surface area contributed by atoms with Crippen LogP contribution in [0.4, 0.5) is 0 Å². The molecule has 0 radical (unpaired) electrons. The Labute approximate surface area is 411 Å². The zero-order valence-corrected chi connectivity index (χ0v) is 43.1. The third-order valence-corrected chi connectivity index (χ3v) is 9.91. The molecule has 0 aliphatic heterocycles. The number of carbonyl (C=O) groups excluding carboxylic acids is 3. The second kappa shape index (κ2) is 54.3. The zero-order valence-electron chi connectivity index (χ0n) is 43.1. The van der Waals surface area contributed by atoms with Crippen LogP contribution < -0.4 is 16.4 Å². The van der Waals surface area contributed by atoms with Crippen molar-refractivity contribution in [1.82, 2.24) is 10.6 Å². The number of ether oxygens (including phenoxy) is 12. The van der Waals surface area contributed by atoms with Crippen molar-refractivity contribution in [3.63, 3.8) is 0 Å². The predicted octanol–water partition coefficient (Wildman–Crippen LogP) is 5.72. The van der Waals surface area contributed by atoms with E-state index in [0.29, 0.717) is 191 Å². The molecule has 18 nitrogen and oxygen atoms in total. The van der Waals surface area contributed by atoms with Crippen molar-refractivity contribution in [2.45, 2.75) is 142 Å². The molecular formula is C50H99N3O15. The summed E-state index contributed by atoms with van der Waals surface area (Å²) in [4.78, 5) is 36.0. The minimum absolute atomic E-state index is 0.0445. The van der Waals surface area contributed by atoms with Crippen LogP contribution in [0.3, 0.4) is 0 Å². The van der Waals surface area contributed by atoms with Crippen molar-refractivity contribution in [3.05, 3.63) is 0 Å². The van der Waals surface area contributed by atoms with Gasteiger partial charge in [-0.3, -0.25) is 14.4 Å². The molecule has 0 aromatic carbocycles. The molecule has 0 aliphatic carbocycles. The van der Waals surface area contributed by atoms with Crippen molar-refractivity contribution in [2.24, 2.45) is 5.73 Å². The number of nitrogens with two attached hydrogens (primary N) is 1. The highest BCUT2D eigenvalue weighted by molar-refractivity contribution is 5.77. The highest BCUT2D eigenvalue weighted by Gasteiger charge is 2.15. The summed E-state index contributed by atoms with van der Waals surface area (Å²) in [5, 5.41) is 5.78. The molecule has 0 fully saturated rings. The lowest BCUT2D eigenvalue weighted by Gasteiger charge is -2.19. The van der Waals surface area contributed by atoms with E-state index in [4.69, 9.17) is 62.6 Å². The van der Waals surface area contributed by atoms with Gasteiger partial charge in [-0.05, 0) is 40.0 Å². The number of amides is 2. The third-order valence-electron chi connectivity index (χ3n) is 9.91. The Morgan fingerprint density at radius 2 is 0.574 bits per heavy atom. The molecule has 4 N–H and O–H groups in total. The minimum atomic E-state index is -0.387. The van der Waals surface area contributed by atoms with Gasteiger partial charge in [-0.15, -0.1) is 0 Å². The lowest BCUT2D eigenvalue weighted by Crippen LogP contribution is -2.29. The van der Waals surface area contributed by atoms with E-state index in [1.54, 1.807) is 0 Å². The topological polar surface area (TPSA) is 212 Å². The van der Waals surface area contributed by atoms with E-state index in [-0.39, 0.29) is 23.4 Å². The van der Waals surface area contributed by atoms with Crippen LogP contribution in [0.1, 0.15) is 136 Å². The number of unbranched alkanes of at least 4 members (excludes halogenated alkanes) is 13. The number of carbonyl (C=O) groups is 3. The van der Waals surface area contributed by atoms with Gasteiger partial charge in [0.1, 0.15) is 5.60 Å². The Morgan fingerprint density at radius 3 is 0.882 bits per heavy atom. The van der Waals surface area contributed by atoms with Crippen LogP contribution in [0.2, 0.25) is 0 Å². The van der Waals surface area contributed by atoms with Gasteiger partial charge in [-0.1, -0.05) is 77.0 Å². The van der Waals surface area contributed by atoms with Crippen LogP contribution in [0.25, 0.3) is 0 Å². The average Bonchev–Trinajstić information content (AvgIpc) is 3.31. The van der Waals surface area contributed by atoms with Crippen LogP contribution >= 0.6 is 0 Å². The first kappa shape index (κ1) is 65.9. The molecule has 0 heterocycles. The molecule has 2 amide bonds. The molecule has 0 aromatic rings. The summed E-state index contributed by atoms with van der Waals surface area (Å²) in [6.45, 7) is 18.0. The summed E-state index contributed by atoms with van der Waals surface area (Å²) in [6.07, 6.45) is 18.7. The molecule has 0 spiro atoms. The smallest absolute Gasteiger partial charge is 0.306 e. The molecule has 0 bridgehead atoms. The maximum Gasteiger partial charge on any atom is 0.306 e. The quantitative estimate of drug-likeness (QED) is 0.0491. The van der Waals surface area contributed by atoms with Gasteiger partial charge < -0.3 is 73.2 Å². The fourth-order valence-electron chi connectivity index (χ4n) is 6.37. The fourth-order valence-corrected chi connectivity index (χ4v) is 6.37. The zero-order chi connectivity index (χ0) is 49.5. The third kappa shape index (κ3) is 58.2. The number of esters is 1.